The van der Waals surface area contributed by atoms with Crippen LogP contribution in [-0.4, -0.2) is 57.8 Å². The molecule has 8 heteroatoms. The third-order valence-electron chi connectivity index (χ3n) is 6.26. The van der Waals surface area contributed by atoms with Crippen LogP contribution in [0, 0.1) is 0 Å². The van der Waals surface area contributed by atoms with Gasteiger partial charge in [-0.15, -0.1) is 11.3 Å². The molecule has 2 bridgehead atoms. The van der Waals surface area contributed by atoms with Crippen molar-refractivity contribution in [3.05, 3.63) is 41.4 Å². The number of aromatic amines is 1. The number of carbonyl (C=O) groups is 2. The predicted molar refractivity (Wildman–Crippen MR) is 118 cm³/mol. The van der Waals surface area contributed by atoms with Gasteiger partial charge in [0.25, 0.3) is 12.4 Å². The first-order valence-corrected chi connectivity index (χ1v) is 11.1. The van der Waals surface area contributed by atoms with E-state index in [4.69, 9.17) is 9.90 Å². The lowest BCUT2D eigenvalue weighted by Gasteiger charge is -2.47. The van der Waals surface area contributed by atoms with Crippen molar-refractivity contribution in [2.45, 2.75) is 50.2 Å². The molecule has 1 aromatic carbocycles. The molecule has 0 saturated carbocycles. The van der Waals surface area contributed by atoms with Gasteiger partial charge in [0.05, 0.1) is 5.52 Å². The molecule has 2 aliphatic rings. The van der Waals surface area contributed by atoms with Crippen molar-refractivity contribution in [2.75, 3.05) is 7.05 Å². The first-order valence-electron chi connectivity index (χ1n) is 10.2. The molecule has 2 fully saturated rings. The van der Waals surface area contributed by atoms with Crippen LogP contribution in [0.1, 0.15) is 42.6 Å². The molecule has 1 amide bonds. The zero-order valence-electron chi connectivity index (χ0n) is 16.9. The maximum Gasteiger partial charge on any atom is 0.290 e. The molecule has 4 heterocycles. The van der Waals surface area contributed by atoms with Crippen molar-refractivity contribution in [1.29, 1.82) is 0 Å². The van der Waals surface area contributed by atoms with Crippen LogP contribution in [0.5, 0.6) is 0 Å². The number of hydrogen-bond acceptors (Lipinski definition) is 5. The van der Waals surface area contributed by atoms with Crippen LogP contribution in [0.25, 0.3) is 21.3 Å². The Labute approximate surface area is 179 Å². The summed E-state index contributed by atoms with van der Waals surface area (Å²) in [4.78, 5) is 25.0. The summed E-state index contributed by atoms with van der Waals surface area (Å²) in [6.45, 7) is -0.250. The first-order chi connectivity index (χ1) is 14.6. The monoisotopic (exact) mass is 426 g/mol. The molecule has 3 aromatic rings. The molecule has 0 spiro atoms. The number of hydrogen-bond donors (Lipinski definition) is 3. The number of benzene rings is 1. The van der Waals surface area contributed by atoms with Gasteiger partial charge in [0.1, 0.15) is 0 Å². The summed E-state index contributed by atoms with van der Waals surface area (Å²) < 4.78 is 0. The van der Waals surface area contributed by atoms with Crippen LogP contribution in [0.4, 0.5) is 0 Å². The standard InChI is InChI=1S/C21H24N4OS.CH2O2/c1-25-15-4-2-5-16(25)12-14(11-15)22-21(26)20-17-8-7-13(10-18(17)23-24-20)19-6-3-9-27-19;2-1-3/h3,6-10,14-16H,2,4-5,11-12H2,1H3,(H,22,26)(H,23,24);1H,(H,2,3). The molecule has 0 radical (unpaired) electrons. The minimum atomic E-state index is -0.250. The molecule has 158 valence electrons. The molecule has 5 rings (SSSR count). The van der Waals surface area contributed by atoms with Gasteiger partial charge in [-0.3, -0.25) is 14.7 Å². The first kappa shape index (κ1) is 20.6. The van der Waals surface area contributed by atoms with Gasteiger partial charge in [0, 0.05) is 28.4 Å². The number of carbonyl (C=O) groups excluding carboxylic acids is 1. The quantitative estimate of drug-likeness (QED) is 0.554. The zero-order chi connectivity index (χ0) is 21.1. The van der Waals surface area contributed by atoms with E-state index in [1.807, 2.05) is 12.1 Å². The number of amides is 1. The fraction of sp³-hybridized carbons (Fsp3) is 0.409. The summed E-state index contributed by atoms with van der Waals surface area (Å²) in [5, 5.41) is 20.5. The Bertz CT molecular complexity index is 1000. The molecule has 2 aliphatic heterocycles. The second-order valence-electron chi connectivity index (χ2n) is 7.96. The molecular formula is C22H26N4O3S. The van der Waals surface area contributed by atoms with Crippen LogP contribution in [0.15, 0.2) is 35.7 Å². The summed E-state index contributed by atoms with van der Waals surface area (Å²) in [5.41, 5.74) is 2.56. The van der Waals surface area contributed by atoms with E-state index in [9.17, 15) is 4.79 Å². The molecule has 2 atom stereocenters. The molecule has 0 aliphatic carbocycles. The fourth-order valence-corrected chi connectivity index (χ4v) is 5.50. The minimum absolute atomic E-state index is 0.0576. The normalized spacial score (nSPS) is 23.4. The third kappa shape index (κ3) is 4.11. The highest BCUT2D eigenvalue weighted by Crippen LogP contribution is 2.33. The Kier molecular flexibility index (Phi) is 6.15. The summed E-state index contributed by atoms with van der Waals surface area (Å²) in [6, 6.07) is 11.8. The molecular weight excluding hydrogens is 400 g/mol. The molecule has 2 aromatic heterocycles. The number of thiophene rings is 1. The van der Waals surface area contributed by atoms with Crippen LogP contribution in [0.2, 0.25) is 0 Å². The van der Waals surface area contributed by atoms with Gasteiger partial charge in [0.15, 0.2) is 5.69 Å². The fourth-order valence-electron chi connectivity index (χ4n) is 4.78. The number of rotatable bonds is 3. The average molecular weight is 427 g/mol. The lowest BCUT2D eigenvalue weighted by molar-refractivity contribution is -0.122. The average Bonchev–Trinajstić information content (AvgIpc) is 3.39. The van der Waals surface area contributed by atoms with Crippen molar-refractivity contribution in [3.63, 3.8) is 0 Å². The Morgan fingerprint density at radius 2 is 2.03 bits per heavy atom. The summed E-state index contributed by atoms with van der Waals surface area (Å²) in [5.74, 6) is -0.0576. The smallest absolute Gasteiger partial charge is 0.290 e. The van der Waals surface area contributed by atoms with Crippen LogP contribution >= 0.6 is 11.3 Å². The van der Waals surface area contributed by atoms with Crippen LogP contribution in [-0.2, 0) is 4.79 Å². The molecule has 2 saturated heterocycles. The van der Waals surface area contributed by atoms with Crippen LogP contribution in [0.3, 0.4) is 0 Å². The van der Waals surface area contributed by atoms with E-state index in [1.165, 1.54) is 24.1 Å². The van der Waals surface area contributed by atoms with E-state index in [-0.39, 0.29) is 18.4 Å². The lowest BCUT2D eigenvalue weighted by atomic mass is 9.82. The third-order valence-corrected chi connectivity index (χ3v) is 7.18. The van der Waals surface area contributed by atoms with Crippen molar-refractivity contribution in [3.8, 4) is 10.4 Å². The van der Waals surface area contributed by atoms with E-state index in [0.717, 1.165) is 29.3 Å². The molecule has 7 nitrogen and oxygen atoms in total. The van der Waals surface area contributed by atoms with Gasteiger partial charge in [-0.2, -0.15) is 5.10 Å². The van der Waals surface area contributed by atoms with E-state index >= 15 is 0 Å². The Hall–Kier alpha value is -2.71. The lowest BCUT2D eigenvalue weighted by Crippen LogP contribution is -2.55. The maximum atomic E-state index is 12.9. The van der Waals surface area contributed by atoms with E-state index < -0.39 is 0 Å². The Morgan fingerprint density at radius 3 is 2.70 bits per heavy atom. The van der Waals surface area contributed by atoms with Crippen molar-refractivity contribution >= 4 is 34.6 Å². The molecule has 30 heavy (non-hydrogen) atoms. The highest BCUT2D eigenvalue weighted by molar-refractivity contribution is 7.13. The van der Waals surface area contributed by atoms with Gasteiger partial charge in [0.2, 0.25) is 0 Å². The topological polar surface area (TPSA) is 98.3 Å². The number of piperidine rings is 2. The number of carboxylic acid groups (broad SMARTS) is 1. The summed E-state index contributed by atoms with van der Waals surface area (Å²) in [6.07, 6.45) is 5.90. The second-order valence-corrected chi connectivity index (χ2v) is 8.91. The number of aromatic nitrogens is 2. The predicted octanol–water partition coefficient (Wildman–Crippen LogP) is 3.74. The van der Waals surface area contributed by atoms with E-state index in [2.05, 4.69) is 51.0 Å². The highest BCUT2D eigenvalue weighted by atomic mass is 32.1. The van der Waals surface area contributed by atoms with Crippen molar-refractivity contribution < 1.29 is 14.7 Å². The van der Waals surface area contributed by atoms with Gasteiger partial charge >= 0.3 is 0 Å². The second kappa shape index (κ2) is 8.97. The SMILES string of the molecule is CN1C2CCCC1CC(NC(=O)c1n[nH]c3cc(-c4cccs4)ccc13)C2.O=CO. The molecule has 2 unspecified atom stereocenters. The number of fused-ring (bicyclic) bond motifs is 3. The highest BCUT2D eigenvalue weighted by Gasteiger charge is 2.36. The Balaban J connectivity index is 0.000000687. The van der Waals surface area contributed by atoms with Crippen LogP contribution < -0.4 is 5.32 Å². The largest absolute Gasteiger partial charge is 0.483 e. The van der Waals surface area contributed by atoms with Crippen molar-refractivity contribution in [2.24, 2.45) is 0 Å². The summed E-state index contributed by atoms with van der Waals surface area (Å²) in [7, 11) is 2.24. The Morgan fingerprint density at radius 1 is 1.30 bits per heavy atom. The van der Waals surface area contributed by atoms with Gasteiger partial charge in [-0.1, -0.05) is 18.6 Å². The maximum absolute atomic E-state index is 12.9. The number of nitrogens with zero attached hydrogens (tertiary/aromatic N) is 2. The van der Waals surface area contributed by atoms with Gasteiger partial charge < -0.3 is 15.3 Å². The number of nitrogens with one attached hydrogen (secondary N) is 2. The summed E-state index contributed by atoms with van der Waals surface area (Å²) >= 11 is 1.71. The van der Waals surface area contributed by atoms with E-state index in [1.54, 1.807) is 11.3 Å². The number of H-pyrrole nitrogens is 1. The minimum Gasteiger partial charge on any atom is -0.483 e. The van der Waals surface area contributed by atoms with Crippen molar-refractivity contribution in [1.82, 2.24) is 20.4 Å². The molecule has 3 N–H and O–H groups in total. The van der Waals surface area contributed by atoms with E-state index in [0.29, 0.717) is 17.8 Å². The zero-order valence-corrected chi connectivity index (χ0v) is 17.7. The van der Waals surface area contributed by atoms with Gasteiger partial charge in [-0.25, -0.2) is 0 Å². The van der Waals surface area contributed by atoms with Gasteiger partial charge in [-0.05, 0) is 61.9 Å².